The summed E-state index contributed by atoms with van der Waals surface area (Å²) in [7, 11) is 0. The highest BCUT2D eigenvalue weighted by Gasteiger charge is 2.05. The quantitative estimate of drug-likeness (QED) is 0.581. The lowest BCUT2D eigenvalue weighted by Crippen LogP contribution is -1.71. The molecule has 0 spiro atoms. The first kappa shape index (κ1) is 7.22. The Morgan fingerprint density at radius 1 is 1.29 bits per heavy atom. The van der Waals surface area contributed by atoms with Crippen LogP contribution in [-0.4, -0.2) is 4.98 Å². The summed E-state index contributed by atoms with van der Waals surface area (Å²) < 4.78 is 5.27. The van der Waals surface area contributed by atoms with E-state index in [2.05, 4.69) is 11.1 Å². The fourth-order valence-corrected chi connectivity index (χ4v) is 1.68. The number of H-pyrrole nitrogens is 1. The van der Waals surface area contributed by atoms with Gasteiger partial charge in [-0.25, -0.2) is 0 Å². The van der Waals surface area contributed by atoms with E-state index in [1.807, 2.05) is 24.4 Å². The molecule has 3 heteroatoms. The highest BCUT2D eigenvalue weighted by molar-refractivity contribution is 5.98. The minimum Gasteiger partial charge on any atom is -0.464 e. The number of benzene rings is 1. The van der Waals surface area contributed by atoms with E-state index in [1.165, 1.54) is 0 Å². The number of nitriles is 1. The first-order valence-electron chi connectivity index (χ1n) is 4.27. The monoisotopic (exact) mass is 182 g/mol. The summed E-state index contributed by atoms with van der Waals surface area (Å²) in [5.74, 6) is 0. The van der Waals surface area contributed by atoms with Crippen molar-refractivity contribution >= 4 is 21.7 Å². The molecule has 1 aromatic carbocycles. The first-order valence-corrected chi connectivity index (χ1v) is 4.27. The van der Waals surface area contributed by atoms with Gasteiger partial charge in [0.1, 0.15) is 17.3 Å². The standard InChI is InChI=1S/C11H6N2O/c12-5-10-9-4-11-7(1-2-14-11)3-8(9)6-13-10/h1-4,6,13H. The van der Waals surface area contributed by atoms with Gasteiger partial charge < -0.3 is 9.40 Å². The van der Waals surface area contributed by atoms with Crippen LogP contribution in [0.1, 0.15) is 5.69 Å². The van der Waals surface area contributed by atoms with Gasteiger partial charge in [-0.1, -0.05) is 0 Å². The molecule has 0 radical (unpaired) electrons. The van der Waals surface area contributed by atoms with E-state index in [9.17, 15) is 0 Å². The van der Waals surface area contributed by atoms with Crippen molar-refractivity contribution in [1.82, 2.24) is 4.98 Å². The Hall–Kier alpha value is -2.21. The zero-order valence-electron chi connectivity index (χ0n) is 7.24. The number of nitrogens with zero attached hydrogens (tertiary/aromatic N) is 1. The van der Waals surface area contributed by atoms with E-state index in [0.717, 1.165) is 21.7 Å². The second-order valence-electron chi connectivity index (χ2n) is 3.17. The number of furan rings is 1. The summed E-state index contributed by atoms with van der Waals surface area (Å²) in [6.07, 6.45) is 3.49. The average Bonchev–Trinajstić information content (AvgIpc) is 2.78. The maximum absolute atomic E-state index is 8.84. The number of hydrogen-bond donors (Lipinski definition) is 1. The van der Waals surface area contributed by atoms with Gasteiger partial charge in [-0.05, 0) is 18.2 Å². The molecular weight excluding hydrogens is 176 g/mol. The number of rotatable bonds is 0. The van der Waals surface area contributed by atoms with Crippen molar-refractivity contribution in [2.45, 2.75) is 0 Å². The minimum absolute atomic E-state index is 0.582. The Morgan fingerprint density at radius 2 is 2.21 bits per heavy atom. The summed E-state index contributed by atoms with van der Waals surface area (Å²) in [6.45, 7) is 0. The number of hydrogen-bond acceptors (Lipinski definition) is 2. The van der Waals surface area contributed by atoms with Crippen LogP contribution in [0.3, 0.4) is 0 Å². The van der Waals surface area contributed by atoms with Crippen LogP contribution in [-0.2, 0) is 0 Å². The van der Waals surface area contributed by atoms with E-state index in [4.69, 9.17) is 9.68 Å². The molecule has 2 heterocycles. The van der Waals surface area contributed by atoms with Crippen LogP contribution in [0.25, 0.3) is 21.7 Å². The summed E-state index contributed by atoms with van der Waals surface area (Å²) in [6, 6.07) is 7.91. The van der Waals surface area contributed by atoms with Crippen LogP contribution in [0.15, 0.2) is 35.1 Å². The van der Waals surface area contributed by atoms with Crippen molar-refractivity contribution in [3.05, 3.63) is 36.4 Å². The maximum atomic E-state index is 8.84. The van der Waals surface area contributed by atoms with E-state index >= 15 is 0 Å². The number of aromatic amines is 1. The molecule has 0 unspecified atom stereocenters. The molecule has 0 saturated carbocycles. The molecule has 3 nitrogen and oxygen atoms in total. The molecule has 1 N–H and O–H groups in total. The Balaban J connectivity index is 2.54. The third kappa shape index (κ3) is 0.798. The lowest BCUT2D eigenvalue weighted by atomic mass is 10.1. The zero-order valence-corrected chi connectivity index (χ0v) is 7.24. The van der Waals surface area contributed by atoms with Gasteiger partial charge in [-0.3, -0.25) is 0 Å². The Labute approximate surface area is 79.6 Å². The van der Waals surface area contributed by atoms with Gasteiger partial charge in [0.2, 0.25) is 0 Å². The molecule has 0 aliphatic carbocycles. The van der Waals surface area contributed by atoms with Gasteiger partial charge in [0.25, 0.3) is 0 Å². The predicted molar refractivity (Wildman–Crippen MR) is 52.8 cm³/mol. The van der Waals surface area contributed by atoms with Crippen LogP contribution >= 0.6 is 0 Å². The summed E-state index contributed by atoms with van der Waals surface area (Å²) in [4.78, 5) is 2.93. The van der Waals surface area contributed by atoms with Crippen molar-refractivity contribution < 1.29 is 4.42 Å². The molecule has 2 aromatic heterocycles. The molecular formula is C11H6N2O. The van der Waals surface area contributed by atoms with E-state index in [-0.39, 0.29) is 0 Å². The average molecular weight is 182 g/mol. The second kappa shape index (κ2) is 2.39. The molecule has 0 fully saturated rings. The third-order valence-corrected chi connectivity index (χ3v) is 2.38. The fourth-order valence-electron chi connectivity index (χ4n) is 1.68. The van der Waals surface area contributed by atoms with Crippen molar-refractivity contribution in [3.63, 3.8) is 0 Å². The normalized spacial score (nSPS) is 10.8. The summed E-state index contributed by atoms with van der Waals surface area (Å²) in [5, 5.41) is 11.8. The van der Waals surface area contributed by atoms with Crippen molar-refractivity contribution in [1.29, 1.82) is 5.26 Å². The van der Waals surface area contributed by atoms with Gasteiger partial charge >= 0.3 is 0 Å². The van der Waals surface area contributed by atoms with Crippen molar-refractivity contribution in [3.8, 4) is 6.07 Å². The number of aromatic nitrogens is 1. The molecule has 0 aliphatic rings. The minimum atomic E-state index is 0.582. The Bertz CT molecular complexity index is 655. The zero-order chi connectivity index (χ0) is 9.54. The molecule has 14 heavy (non-hydrogen) atoms. The predicted octanol–water partition coefficient (Wildman–Crippen LogP) is 2.79. The smallest absolute Gasteiger partial charge is 0.134 e. The molecule has 3 rings (SSSR count). The van der Waals surface area contributed by atoms with Crippen molar-refractivity contribution in [2.75, 3.05) is 0 Å². The molecule has 0 atom stereocenters. The lowest BCUT2D eigenvalue weighted by Gasteiger charge is -1.90. The molecule has 0 amide bonds. The molecule has 0 aliphatic heterocycles. The Morgan fingerprint density at radius 3 is 3.07 bits per heavy atom. The van der Waals surface area contributed by atoms with Gasteiger partial charge in [0.15, 0.2) is 0 Å². The van der Waals surface area contributed by atoms with Crippen molar-refractivity contribution in [2.24, 2.45) is 0 Å². The van der Waals surface area contributed by atoms with Crippen LogP contribution in [0.5, 0.6) is 0 Å². The maximum Gasteiger partial charge on any atom is 0.134 e. The SMILES string of the molecule is N#Cc1[nH]cc2cc3ccoc3cc12. The fraction of sp³-hybridized carbons (Fsp3) is 0. The molecule has 0 bridgehead atoms. The van der Waals surface area contributed by atoms with E-state index in [1.54, 1.807) is 6.26 Å². The Kier molecular flexibility index (Phi) is 1.23. The van der Waals surface area contributed by atoms with Gasteiger partial charge in [0.05, 0.1) is 6.26 Å². The summed E-state index contributed by atoms with van der Waals surface area (Å²) >= 11 is 0. The first-order chi connectivity index (χ1) is 6.88. The second-order valence-corrected chi connectivity index (χ2v) is 3.17. The third-order valence-electron chi connectivity index (χ3n) is 2.38. The number of fused-ring (bicyclic) bond motifs is 2. The molecule has 3 aromatic rings. The number of nitrogens with one attached hydrogen (secondary N) is 1. The van der Waals surface area contributed by atoms with Gasteiger partial charge in [0, 0.05) is 22.4 Å². The largest absolute Gasteiger partial charge is 0.464 e. The molecule has 66 valence electrons. The lowest BCUT2D eigenvalue weighted by molar-refractivity contribution is 0.616. The van der Waals surface area contributed by atoms with E-state index in [0.29, 0.717) is 5.69 Å². The van der Waals surface area contributed by atoms with Crippen LogP contribution in [0.4, 0.5) is 0 Å². The molecule has 0 saturated heterocycles. The van der Waals surface area contributed by atoms with Crippen LogP contribution < -0.4 is 0 Å². The van der Waals surface area contributed by atoms with Crippen LogP contribution in [0.2, 0.25) is 0 Å². The summed E-state index contributed by atoms with van der Waals surface area (Å²) in [5.41, 5.74) is 1.40. The highest BCUT2D eigenvalue weighted by Crippen LogP contribution is 2.25. The van der Waals surface area contributed by atoms with Gasteiger partial charge in [-0.2, -0.15) is 5.26 Å². The topological polar surface area (TPSA) is 52.7 Å². The van der Waals surface area contributed by atoms with Gasteiger partial charge in [-0.15, -0.1) is 0 Å². The van der Waals surface area contributed by atoms with E-state index < -0.39 is 0 Å². The van der Waals surface area contributed by atoms with Crippen LogP contribution in [0, 0.1) is 11.3 Å². The highest BCUT2D eigenvalue weighted by atomic mass is 16.3.